The maximum Gasteiger partial charge on any atom is 0.174 e. The maximum absolute atomic E-state index is 10.3. The van der Waals surface area contributed by atoms with Crippen molar-refractivity contribution in [3.8, 4) is 67.5 Å². The van der Waals surface area contributed by atoms with Crippen LogP contribution in [0.15, 0.2) is 164 Å². The molecular weight excluding hydrogens is 741 g/mol. The molecule has 0 saturated heterocycles. The third-order valence-electron chi connectivity index (χ3n) is 12.1. The van der Waals surface area contributed by atoms with E-state index in [1.165, 1.54) is 33.4 Å². The van der Waals surface area contributed by atoms with Gasteiger partial charge >= 0.3 is 0 Å². The Kier molecular flexibility index (Phi) is 7.25. The summed E-state index contributed by atoms with van der Waals surface area (Å²) in [6.07, 6.45) is 0.818. The summed E-state index contributed by atoms with van der Waals surface area (Å²) in [5, 5.41) is 11.4. The van der Waals surface area contributed by atoms with Gasteiger partial charge in [-0.2, -0.15) is 5.26 Å². The highest BCUT2D eigenvalue weighted by molar-refractivity contribution is 7.22. The molecule has 7 heteroatoms. The molecule has 10 aromatic rings. The van der Waals surface area contributed by atoms with E-state index in [1.54, 1.807) is 11.3 Å². The summed E-state index contributed by atoms with van der Waals surface area (Å²) in [5.41, 5.74) is 14.7. The van der Waals surface area contributed by atoms with Crippen molar-refractivity contribution in [1.29, 1.82) is 5.26 Å². The average molecular weight is 773 g/mol. The van der Waals surface area contributed by atoms with Crippen molar-refractivity contribution in [2.75, 3.05) is 0 Å². The summed E-state index contributed by atoms with van der Waals surface area (Å²) in [6, 6.07) is 59.9. The number of fused-ring (bicyclic) bond motifs is 13. The number of hydrogen-bond donors (Lipinski definition) is 0. The molecule has 7 aromatic carbocycles. The quantitative estimate of drug-likeness (QED) is 0.174. The van der Waals surface area contributed by atoms with E-state index in [0.29, 0.717) is 23.0 Å². The first-order valence-corrected chi connectivity index (χ1v) is 20.7. The maximum atomic E-state index is 10.3. The van der Waals surface area contributed by atoms with E-state index < -0.39 is 5.41 Å². The minimum absolute atomic E-state index is 0.585. The molecule has 2 aliphatic rings. The van der Waals surface area contributed by atoms with E-state index in [9.17, 15) is 5.26 Å². The molecule has 0 N–H and O–H groups in total. The third-order valence-corrected chi connectivity index (χ3v) is 13.2. The molecule has 0 fully saturated rings. The minimum Gasteiger partial charge on any atom is -0.296 e. The predicted octanol–water partition coefficient (Wildman–Crippen LogP) is 12.2. The van der Waals surface area contributed by atoms with Crippen LogP contribution in [0.2, 0.25) is 0 Å². The van der Waals surface area contributed by atoms with Gasteiger partial charge in [-0.3, -0.25) is 4.57 Å². The molecule has 0 saturated carbocycles. The van der Waals surface area contributed by atoms with Crippen molar-refractivity contribution in [3.63, 3.8) is 0 Å². The van der Waals surface area contributed by atoms with Crippen LogP contribution in [0.4, 0.5) is 0 Å². The van der Waals surface area contributed by atoms with Gasteiger partial charge in [0, 0.05) is 33.3 Å². The highest BCUT2D eigenvalue weighted by Crippen LogP contribution is 2.64. The van der Waals surface area contributed by atoms with E-state index in [1.807, 2.05) is 66.7 Å². The molecule has 2 aliphatic carbocycles. The Labute approximate surface area is 344 Å². The van der Waals surface area contributed by atoms with Crippen LogP contribution >= 0.6 is 11.3 Å². The molecule has 3 heterocycles. The third kappa shape index (κ3) is 4.78. The normalized spacial score (nSPS) is 14.6. The zero-order valence-electron chi connectivity index (χ0n) is 31.9. The first-order valence-electron chi connectivity index (χ1n) is 19.8. The molecule has 1 unspecified atom stereocenters. The summed E-state index contributed by atoms with van der Waals surface area (Å²) < 4.78 is 3.44. The largest absolute Gasteiger partial charge is 0.296 e. The SMILES string of the molecule is CCc1nc2ccccc2n1-c1ccc2c(c1)-c1ccccc1C21c2ccc(C#N)cc2-c2c1ccc1sc(-c3nc(-c4ccccc4)nc(-c4ccccc4)n3)cc21. The number of nitriles is 1. The van der Waals surface area contributed by atoms with Gasteiger partial charge in [-0.05, 0) is 93.0 Å². The van der Waals surface area contributed by atoms with Gasteiger partial charge in [0.15, 0.2) is 17.5 Å². The number of nitrogens with zero attached hydrogens (tertiary/aromatic N) is 6. The summed E-state index contributed by atoms with van der Waals surface area (Å²) >= 11 is 1.69. The minimum atomic E-state index is -0.585. The van der Waals surface area contributed by atoms with Gasteiger partial charge < -0.3 is 0 Å². The number of aromatic nitrogens is 5. The predicted molar refractivity (Wildman–Crippen MR) is 237 cm³/mol. The van der Waals surface area contributed by atoms with Crippen molar-refractivity contribution in [2.45, 2.75) is 18.8 Å². The van der Waals surface area contributed by atoms with E-state index in [4.69, 9.17) is 19.9 Å². The fourth-order valence-corrected chi connectivity index (χ4v) is 10.6. The molecule has 0 radical (unpaired) electrons. The van der Waals surface area contributed by atoms with Crippen molar-refractivity contribution >= 4 is 32.5 Å². The standard InChI is InChI=1S/C52H32N6S/c1-2-47-54-43-19-11-12-20-44(43)58(47)34-22-24-40-36(28-34)35-17-9-10-18-39(35)52(40)41-23-21-31(30-53)27-37(41)48-38-29-46(59-45(38)26-25-42(48)52)51-56-49(32-13-5-3-6-14-32)55-50(57-51)33-15-7-4-8-16-33/h3-29H,2H2,1H3. The summed E-state index contributed by atoms with van der Waals surface area (Å²) in [7, 11) is 0. The van der Waals surface area contributed by atoms with Crippen molar-refractivity contribution in [2.24, 2.45) is 0 Å². The van der Waals surface area contributed by atoms with Gasteiger partial charge in [-0.15, -0.1) is 11.3 Å². The Bertz CT molecular complexity index is 3340. The Balaban J connectivity index is 1.10. The fourth-order valence-electron chi connectivity index (χ4n) is 9.63. The van der Waals surface area contributed by atoms with Crippen LogP contribution in [0, 0.1) is 11.3 Å². The molecule has 3 aromatic heterocycles. The molecule has 6 nitrogen and oxygen atoms in total. The Morgan fingerprint density at radius 1 is 0.576 bits per heavy atom. The lowest BCUT2D eigenvalue weighted by Gasteiger charge is -2.30. The van der Waals surface area contributed by atoms with Crippen LogP contribution < -0.4 is 0 Å². The molecular formula is C52H32N6S. The number of hydrogen-bond acceptors (Lipinski definition) is 6. The molecule has 12 rings (SSSR count). The van der Waals surface area contributed by atoms with E-state index in [-0.39, 0.29) is 0 Å². The van der Waals surface area contributed by atoms with Gasteiger partial charge in [0.1, 0.15) is 5.82 Å². The van der Waals surface area contributed by atoms with Gasteiger partial charge in [0.05, 0.1) is 33.0 Å². The number of rotatable bonds is 5. The second kappa shape index (κ2) is 12.7. The average Bonchev–Trinajstić information content (AvgIpc) is 4.06. The zero-order chi connectivity index (χ0) is 39.2. The fraction of sp³-hybridized carbons (Fsp3) is 0.0577. The van der Waals surface area contributed by atoms with Gasteiger partial charge in [-0.1, -0.05) is 122 Å². The van der Waals surface area contributed by atoms with Gasteiger partial charge in [-0.25, -0.2) is 19.9 Å². The van der Waals surface area contributed by atoms with Crippen molar-refractivity contribution in [1.82, 2.24) is 24.5 Å². The number of imidazole rings is 1. The topological polar surface area (TPSA) is 80.3 Å². The van der Waals surface area contributed by atoms with E-state index in [0.717, 1.165) is 66.2 Å². The number of thiophene rings is 1. The Morgan fingerprint density at radius 2 is 1.22 bits per heavy atom. The van der Waals surface area contributed by atoms with Crippen LogP contribution in [0.1, 0.15) is 40.6 Å². The number of para-hydroxylation sites is 2. The second-order valence-electron chi connectivity index (χ2n) is 15.2. The Morgan fingerprint density at radius 3 is 1.98 bits per heavy atom. The summed E-state index contributed by atoms with van der Waals surface area (Å²) in [6.45, 7) is 2.17. The first kappa shape index (κ1) is 33.6. The molecule has 0 aliphatic heterocycles. The zero-order valence-corrected chi connectivity index (χ0v) is 32.7. The molecule has 276 valence electrons. The van der Waals surface area contributed by atoms with Crippen LogP contribution in [0.25, 0.3) is 82.5 Å². The number of aryl methyl sites for hydroxylation is 1. The monoisotopic (exact) mass is 772 g/mol. The molecule has 59 heavy (non-hydrogen) atoms. The second-order valence-corrected chi connectivity index (χ2v) is 16.2. The van der Waals surface area contributed by atoms with Gasteiger partial charge in [0.25, 0.3) is 0 Å². The lowest BCUT2D eigenvalue weighted by molar-refractivity contribution is 0.793. The van der Waals surface area contributed by atoms with Crippen molar-refractivity contribution in [3.05, 3.63) is 197 Å². The van der Waals surface area contributed by atoms with Crippen LogP contribution in [0.3, 0.4) is 0 Å². The Hall–Kier alpha value is -7.53. The summed E-state index contributed by atoms with van der Waals surface area (Å²) in [5.74, 6) is 2.93. The molecule has 0 amide bonds. The molecule has 1 spiro atoms. The van der Waals surface area contributed by atoms with E-state index >= 15 is 0 Å². The lowest BCUT2D eigenvalue weighted by Crippen LogP contribution is -2.25. The highest BCUT2D eigenvalue weighted by Gasteiger charge is 2.52. The van der Waals surface area contributed by atoms with Crippen LogP contribution in [-0.4, -0.2) is 24.5 Å². The van der Waals surface area contributed by atoms with E-state index in [2.05, 4.69) is 115 Å². The van der Waals surface area contributed by atoms with Crippen LogP contribution in [-0.2, 0) is 11.8 Å². The molecule has 1 atom stereocenters. The highest BCUT2D eigenvalue weighted by atomic mass is 32.1. The summed E-state index contributed by atoms with van der Waals surface area (Å²) in [4.78, 5) is 21.1. The van der Waals surface area contributed by atoms with Crippen molar-refractivity contribution < 1.29 is 0 Å². The first-order chi connectivity index (χ1) is 29.1. The lowest BCUT2D eigenvalue weighted by atomic mass is 9.70. The number of benzene rings is 7. The van der Waals surface area contributed by atoms with Gasteiger partial charge in [0.2, 0.25) is 0 Å². The molecule has 0 bridgehead atoms. The smallest absolute Gasteiger partial charge is 0.174 e. The van der Waals surface area contributed by atoms with Crippen LogP contribution in [0.5, 0.6) is 0 Å².